The molecule has 2 atom stereocenters. The van der Waals surface area contributed by atoms with Crippen molar-refractivity contribution in [2.45, 2.75) is 32.0 Å². The van der Waals surface area contributed by atoms with E-state index >= 15 is 0 Å². The summed E-state index contributed by atoms with van der Waals surface area (Å²) in [7, 11) is 1.56. The van der Waals surface area contributed by atoms with Gasteiger partial charge in [0.05, 0.1) is 7.11 Å². The molecular weight excluding hydrogens is 485 g/mol. The van der Waals surface area contributed by atoms with Gasteiger partial charge in [0.15, 0.2) is 17.4 Å². The number of hydrogen-bond donors (Lipinski definition) is 0. The molecule has 3 heterocycles. The fourth-order valence-electron chi connectivity index (χ4n) is 5.27. The number of hydrogen-bond acceptors (Lipinski definition) is 6. The van der Waals surface area contributed by atoms with Crippen LogP contribution < -0.4 is 14.4 Å². The van der Waals surface area contributed by atoms with Gasteiger partial charge in [-0.15, -0.1) is 0 Å². The van der Waals surface area contributed by atoms with Crippen molar-refractivity contribution in [3.05, 3.63) is 54.0 Å². The topological polar surface area (TPSA) is 65.3 Å². The zero-order chi connectivity index (χ0) is 25.4. The molecule has 2 aromatic heterocycles. The Morgan fingerprint density at radius 2 is 1.83 bits per heavy atom. The number of aromatic nitrogens is 4. The van der Waals surface area contributed by atoms with E-state index in [1.165, 1.54) is 6.07 Å². The van der Waals surface area contributed by atoms with Crippen molar-refractivity contribution in [1.82, 2.24) is 19.7 Å². The lowest BCUT2D eigenvalue weighted by Crippen LogP contribution is -2.42. The third-order valence-corrected chi connectivity index (χ3v) is 6.87. The van der Waals surface area contributed by atoms with Gasteiger partial charge in [-0.1, -0.05) is 6.07 Å². The van der Waals surface area contributed by atoms with Gasteiger partial charge < -0.3 is 14.4 Å². The molecule has 192 valence electrons. The van der Waals surface area contributed by atoms with Crippen LogP contribution in [0.2, 0.25) is 0 Å². The predicted octanol–water partition coefficient (Wildman–Crippen LogP) is 5.02. The van der Waals surface area contributed by atoms with Gasteiger partial charge in [-0.2, -0.15) is 27.6 Å². The lowest BCUT2D eigenvalue weighted by Gasteiger charge is -2.39. The third kappa shape index (κ3) is 5.07. The first-order chi connectivity index (χ1) is 17.2. The Kier molecular flexibility index (Phi) is 6.44. The molecule has 1 aliphatic heterocycles. The number of nitrogens with zero attached hydrogens (tertiary/aromatic N) is 5. The molecule has 12 heteroatoms. The molecule has 7 nitrogen and oxygen atoms in total. The van der Waals surface area contributed by atoms with Crippen molar-refractivity contribution < 1.29 is 31.4 Å². The molecule has 5 rings (SSSR count). The van der Waals surface area contributed by atoms with E-state index in [2.05, 4.69) is 20.0 Å². The van der Waals surface area contributed by atoms with Gasteiger partial charge in [0.2, 0.25) is 11.7 Å². The van der Waals surface area contributed by atoms with E-state index in [4.69, 9.17) is 9.47 Å². The van der Waals surface area contributed by atoms with Gasteiger partial charge in [-0.3, -0.25) is 0 Å². The van der Waals surface area contributed by atoms with E-state index in [9.17, 15) is 22.0 Å². The quantitative estimate of drug-likeness (QED) is 0.417. The van der Waals surface area contributed by atoms with E-state index in [1.807, 2.05) is 12.1 Å². The number of rotatable bonds is 7. The second-order valence-corrected chi connectivity index (χ2v) is 9.16. The molecule has 0 amide bonds. The molecule has 0 spiro atoms. The molecule has 1 saturated heterocycles. The van der Waals surface area contributed by atoms with E-state index in [0.717, 1.165) is 43.8 Å². The summed E-state index contributed by atoms with van der Waals surface area (Å²) in [5.74, 6) is -1.52. The minimum absolute atomic E-state index is 0.186. The number of anilines is 1. The first-order valence-corrected chi connectivity index (χ1v) is 11.6. The number of piperidine rings is 1. The number of fused-ring (bicyclic) bond motifs is 2. The molecule has 1 aromatic carbocycles. The first kappa shape index (κ1) is 24.3. The van der Waals surface area contributed by atoms with E-state index in [1.54, 1.807) is 13.3 Å². The van der Waals surface area contributed by atoms with Gasteiger partial charge in [0.25, 0.3) is 0 Å². The number of ether oxygens (including phenoxy) is 2. The second-order valence-electron chi connectivity index (χ2n) is 9.16. The Hall–Kier alpha value is -3.44. The Labute approximate surface area is 203 Å². The van der Waals surface area contributed by atoms with Crippen molar-refractivity contribution in [2.75, 3.05) is 25.1 Å². The molecule has 0 radical (unpaired) electrons. The maximum atomic E-state index is 14.1. The van der Waals surface area contributed by atoms with Crippen LogP contribution in [-0.2, 0) is 13.0 Å². The highest BCUT2D eigenvalue weighted by Gasteiger charge is 2.43. The molecular formula is C24H24F5N5O2. The normalized spacial score (nSPS) is 21.6. The second kappa shape index (κ2) is 9.55. The maximum absolute atomic E-state index is 14.1. The minimum atomic E-state index is -4.60. The molecule has 3 aromatic rings. The minimum Gasteiger partial charge on any atom is -0.481 e. The van der Waals surface area contributed by atoms with Gasteiger partial charge in [0, 0.05) is 37.5 Å². The van der Waals surface area contributed by atoms with Gasteiger partial charge in [0.1, 0.15) is 6.54 Å². The summed E-state index contributed by atoms with van der Waals surface area (Å²) in [6.45, 7) is 0.117. The van der Waals surface area contributed by atoms with Crippen molar-refractivity contribution >= 4 is 5.69 Å². The molecule has 2 unspecified atom stereocenters. The average molecular weight is 509 g/mol. The van der Waals surface area contributed by atoms with Crippen LogP contribution in [0.1, 0.15) is 18.7 Å². The molecule has 36 heavy (non-hydrogen) atoms. The summed E-state index contributed by atoms with van der Waals surface area (Å²) in [6.07, 6.45) is -0.540. The highest BCUT2D eigenvalue weighted by atomic mass is 19.4. The Bertz CT molecular complexity index is 1220. The number of halogens is 5. The number of pyridine rings is 1. The average Bonchev–Trinajstić information content (AvgIpc) is 3.29. The van der Waals surface area contributed by atoms with Crippen molar-refractivity contribution in [1.29, 1.82) is 0 Å². The lowest BCUT2D eigenvalue weighted by atomic mass is 9.82. The summed E-state index contributed by atoms with van der Waals surface area (Å²) in [5.41, 5.74) is 1.01. The van der Waals surface area contributed by atoms with Crippen molar-refractivity contribution in [2.24, 2.45) is 17.8 Å². The molecule has 1 saturated carbocycles. The van der Waals surface area contributed by atoms with Crippen molar-refractivity contribution in [3.8, 4) is 17.6 Å². The number of benzene rings is 1. The van der Waals surface area contributed by atoms with Crippen LogP contribution in [0, 0.1) is 29.4 Å². The van der Waals surface area contributed by atoms with Crippen LogP contribution in [0.3, 0.4) is 0 Å². The number of alkyl halides is 3. The predicted molar refractivity (Wildman–Crippen MR) is 119 cm³/mol. The van der Waals surface area contributed by atoms with Gasteiger partial charge in [-0.05, 0) is 48.8 Å². The largest absolute Gasteiger partial charge is 0.481 e. The molecule has 2 aliphatic rings. The monoisotopic (exact) mass is 509 g/mol. The molecule has 0 N–H and O–H groups in total. The zero-order valence-corrected chi connectivity index (χ0v) is 19.4. The Balaban J connectivity index is 1.35. The van der Waals surface area contributed by atoms with Crippen LogP contribution in [-0.4, -0.2) is 46.1 Å². The Morgan fingerprint density at radius 3 is 2.53 bits per heavy atom. The molecule has 1 aliphatic carbocycles. The highest BCUT2D eigenvalue weighted by Crippen LogP contribution is 2.45. The van der Waals surface area contributed by atoms with Crippen molar-refractivity contribution in [3.63, 3.8) is 0 Å². The van der Waals surface area contributed by atoms with Gasteiger partial charge >= 0.3 is 12.2 Å². The van der Waals surface area contributed by atoms with E-state index in [-0.39, 0.29) is 11.7 Å². The smallest absolute Gasteiger partial charge is 0.408 e. The van der Waals surface area contributed by atoms with Crippen LogP contribution in [0.5, 0.6) is 17.6 Å². The summed E-state index contributed by atoms with van der Waals surface area (Å²) < 4.78 is 78.2. The summed E-state index contributed by atoms with van der Waals surface area (Å²) >= 11 is 0. The molecule has 2 bridgehead atoms. The van der Waals surface area contributed by atoms with Crippen LogP contribution in [0.4, 0.5) is 27.6 Å². The maximum Gasteiger partial charge on any atom is 0.408 e. The SMILES string of the molecule is COc1cc(N2CC3CCC(C2)C3Cc2nc(Oc3cccc(F)c3F)n(CC(F)(F)F)n2)ccn1. The summed E-state index contributed by atoms with van der Waals surface area (Å²) in [6, 6.07) is 6.49. The fourth-order valence-corrected chi connectivity index (χ4v) is 5.27. The highest BCUT2D eigenvalue weighted by molar-refractivity contribution is 5.49. The van der Waals surface area contributed by atoms with Gasteiger partial charge in [-0.25, -0.2) is 14.1 Å². The first-order valence-electron chi connectivity index (χ1n) is 11.6. The van der Waals surface area contributed by atoms with E-state index < -0.39 is 36.1 Å². The zero-order valence-electron chi connectivity index (χ0n) is 19.4. The third-order valence-electron chi connectivity index (χ3n) is 6.87. The van der Waals surface area contributed by atoms with Crippen LogP contribution >= 0.6 is 0 Å². The standard InChI is InChI=1S/C24H24F5N5O2/c1-35-21-9-16(7-8-30-21)33-11-14-5-6-15(12-33)17(14)10-20-31-23(34(32-20)13-24(27,28)29)36-19-4-2-3-18(25)22(19)26/h2-4,7-9,14-15,17H,5-6,10-13H2,1H3. The van der Waals surface area contributed by atoms with Crippen LogP contribution in [0.25, 0.3) is 0 Å². The molecule has 2 fully saturated rings. The lowest BCUT2D eigenvalue weighted by molar-refractivity contribution is -0.143. The summed E-state index contributed by atoms with van der Waals surface area (Å²) in [4.78, 5) is 10.6. The number of methoxy groups -OCH3 is 1. The Morgan fingerprint density at radius 1 is 1.08 bits per heavy atom. The summed E-state index contributed by atoms with van der Waals surface area (Å²) in [5, 5.41) is 4.04. The fraction of sp³-hybridized carbons (Fsp3) is 0.458. The van der Waals surface area contributed by atoms with Crippen LogP contribution in [0.15, 0.2) is 36.5 Å². The van der Waals surface area contributed by atoms with E-state index in [0.29, 0.717) is 28.8 Å².